The maximum Gasteiger partial charge on any atom is 0.159 e. The maximum absolute atomic E-state index is 7.06. The third kappa shape index (κ3) is 6.79. The fourth-order valence-corrected chi connectivity index (χ4v) is 19.4. The highest BCUT2D eigenvalue weighted by Crippen LogP contribution is 2.67. The number of aromatic nitrogens is 2. The van der Waals surface area contributed by atoms with E-state index in [1.54, 1.807) is 0 Å². The molecule has 8 heteroatoms. The van der Waals surface area contributed by atoms with Crippen LogP contribution in [-0.4, -0.2) is 8.97 Å². The van der Waals surface area contributed by atoms with Crippen molar-refractivity contribution in [2.24, 2.45) is 5.92 Å². The lowest BCUT2D eigenvalue weighted by molar-refractivity contribution is 0.436. The zero-order valence-corrected chi connectivity index (χ0v) is 51.8. The number of hydrogen-bond donors (Lipinski definition) is 0. The molecule has 3 atom stereocenters. The van der Waals surface area contributed by atoms with Crippen LogP contribution in [0.5, 0.6) is 0 Å². The Bertz CT molecular complexity index is 6260. The first-order valence-corrected chi connectivity index (χ1v) is 33.6. The molecular weight excluding hydrogens is 1160 g/mol. The molecule has 12 aromatic carbocycles. The molecule has 434 valence electrons. The van der Waals surface area contributed by atoms with Gasteiger partial charge in [0.25, 0.3) is 0 Å². The Hall–Kier alpha value is -10.8. The third-order valence-corrected chi connectivity index (χ3v) is 23.4. The van der Waals surface area contributed by atoms with E-state index in [-0.39, 0.29) is 5.25 Å². The van der Waals surface area contributed by atoms with Crippen molar-refractivity contribution in [1.82, 2.24) is 8.97 Å². The first-order valence-electron chi connectivity index (χ1n) is 31.9. The number of thiophene rings is 1. The van der Waals surface area contributed by atoms with E-state index in [2.05, 4.69) is 300 Å². The van der Waals surface area contributed by atoms with Crippen molar-refractivity contribution < 1.29 is 8.83 Å². The fraction of sp³-hybridized carbons (Fsp3) is 0.0714. The molecule has 0 saturated carbocycles. The van der Waals surface area contributed by atoms with Crippen molar-refractivity contribution in [1.29, 1.82) is 0 Å². The highest BCUT2D eigenvalue weighted by molar-refractivity contribution is 8.00. The van der Waals surface area contributed by atoms with Crippen molar-refractivity contribution >= 4 is 176 Å². The van der Waals surface area contributed by atoms with E-state index in [4.69, 9.17) is 8.83 Å². The van der Waals surface area contributed by atoms with Gasteiger partial charge in [-0.1, -0.05) is 183 Å². The van der Waals surface area contributed by atoms with Crippen LogP contribution in [-0.2, 0) is 5.54 Å². The highest BCUT2D eigenvalue weighted by atomic mass is 32.2. The Morgan fingerprint density at radius 2 is 1.04 bits per heavy atom. The molecule has 0 amide bonds. The summed E-state index contributed by atoms with van der Waals surface area (Å²) in [5, 5.41) is 11.9. The molecule has 92 heavy (non-hydrogen) atoms. The molecule has 0 bridgehead atoms. The summed E-state index contributed by atoms with van der Waals surface area (Å²) in [7, 11) is 0. The fourth-order valence-electron chi connectivity index (χ4n) is 16.6. The summed E-state index contributed by atoms with van der Waals surface area (Å²) >= 11 is 3.92. The Morgan fingerprint density at radius 1 is 0.467 bits per heavy atom. The van der Waals surface area contributed by atoms with Crippen molar-refractivity contribution in [2.45, 2.75) is 36.0 Å². The molecule has 0 saturated heterocycles. The lowest BCUT2D eigenvalue weighted by Gasteiger charge is -2.30. The van der Waals surface area contributed by atoms with Crippen molar-refractivity contribution in [2.75, 3.05) is 9.80 Å². The molecule has 6 nitrogen and oxygen atoms in total. The molecule has 2 aliphatic heterocycles. The molecule has 0 N–H and O–H groups in total. The number of rotatable bonds is 8. The monoisotopic (exact) mass is 1210 g/mol. The van der Waals surface area contributed by atoms with Crippen LogP contribution in [0.25, 0.3) is 130 Å². The van der Waals surface area contributed by atoms with Gasteiger partial charge in [0, 0.05) is 74.8 Å². The molecule has 21 rings (SSSR count). The smallest absolute Gasteiger partial charge is 0.159 e. The van der Waals surface area contributed by atoms with E-state index in [1.807, 2.05) is 23.1 Å². The zero-order valence-electron chi connectivity index (χ0n) is 50.2. The van der Waals surface area contributed by atoms with Gasteiger partial charge >= 0.3 is 0 Å². The number of furan rings is 2. The molecule has 3 unspecified atom stereocenters. The topological polar surface area (TPSA) is 42.1 Å². The second kappa shape index (κ2) is 18.7. The Kier molecular flexibility index (Phi) is 10.4. The van der Waals surface area contributed by atoms with E-state index in [9.17, 15) is 0 Å². The van der Waals surface area contributed by atoms with E-state index in [0.29, 0.717) is 5.92 Å². The lowest BCUT2D eigenvalue weighted by atomic mass is 9.87. The van der Waals surface area contributed by atoms with Crippen LogP contribution < -0.4 is 9.80 Å². The highest BCUT2D eigenvalue weighted by Gasteiger charge is 2.53. The molecule has 0 radical (unpaired) electrons. The molecule has 3 aliphatic rings. The van der Waals surface area contributed by atoms with Crippen molar-refractivity contribution in [3.8, 4) is 11.1 Å². The largest absolute Gasteiger partial charge is 0.454 e. The van der Waals surface area contributed by atoms with E-state index in [0.717, 1.165) is 90.0 Å². The summed E-state index contributed by atoms with van der Waals surface area (Å²) < 4.78 is 22.1. The number of thioether (sulfide) groups is 1. The van der Waals surface area contributed by atoms with Gasteiger partial charge in [-0.05, 0) is 144 Å². The number of allylic oxidation sites excluding steroid dienone is 4. The number of anilines is 6. The molecule has 0 spiro atoms. The van der Waals surface area contributed by atoms with Gasteiger partial charge in [-0.15, -0.1) is 23.1 Å². The van der Waals surface area contributed by atoms with Gasteiger partial charge in [0.15, 0.2) is 11.2 Å². The molecule has 0 fully saturated rings. The van der Waals surface area contributed by atoms with E-state index < -0.39 is 5.54 Å². The average molecular weight is 1220 g/mol. The minimum atomic E-state index is -0.428. The molecule has 8 heterocycles. The predicted octanol–water partition coefficient (Wildman–Crippen LogP) is 24.5. The Labute approximate surface area is 536 Å². The average Bonchev–Trinajstić information content (AvgIpc) is 1.49. The van der Waals surface area contributed by atoms with Crippen LogP contribution >= 0.6 is 23.1 Å². The van der Waals surface area contributed by atoms with E-state index >= 15 is 0 Å². The van der Waals surface area contributed by atoms with Crippen LogP contribution in [0.4, 0.5) is 34.1 Å². The van der Waals surface area contributed by atoms with Crippen molar-refractivity contribution in [3.63, 3.8) is 0 Å². The van der Waals surface area contributed by atoms with Gasteiger partial charge in [-0.2, -0.15) is 0 Å². The van der Waals surface area contributed by atoms with Crippen LogP contribution in [0.15, 0.2) is 281 Å². The van der Waals surface area contributed by atoms with Gasteiger partial charge in [-0.25, -0.2) is 0 Å². The Morgan fingerprint density at radius 3 is 1.75 bits per heavy atom. The number of fused-ring (bicyclic) bond motifs is 22. The van der Waals surface area contributed by atoms with Gasteiger partial charge in [0.2, 0.25) is 0 Å². The van der Waals surface area contributed by atoms with Crippen LogP contribution in [0.2, 0.25) is 0 Å². The van der Waals surface area contributed by atoms with Crippen LogP contribution in [0.1, 0.15) is 42.2 Å². The third-order valence-electron chi connectivity index (χ3n) is 20.6. The normalized spacial score (nSPS) is 17.0. The van der Waals surface area contributed by atoms with Gasteiger partial charge < -0.3 is 27.6 Å². The zero-order chi connectivity index (χ0) is 60.2. The molecular formula is C84H54N4O2S2. The minimum Gasteiger partial charge on any atom is -0.454 e. The van der Waals surface area contributed by atoms with Gasteiger partial charge in [0.1, 0.15) is 11.2 Å². The number of benzene rings is 12. The maximum atomic E-state index is 7.06. The second-order valence-electron chi connectivity index (χ2n) is 25.6. The summed E-state index contributed by atoms with van der Waals surface area (Å²) in [6.45, 7) is 4.81. The SMILES string of the molecule is CC1C=CC=C(c2ccc(N(c3cccc4c3oc3ccccc34)c3ccc4c5sc6ccccc6c5n5c6cc7c8c(N(c9ccc(-c%10ccccc%10)cc9)c9cccc%10c9oc9ccccc9%10)ccc9c8n(c7cc6c3c45)C3(C)c4ccccc4SC93)cc2)C1. The molecule has 1 aliphatic carbocycles. The molecule has 6 aromatic heterocycles. The summed E-state index contributed by atoms with van der Waals surface area (Å²) in [5.41, 5.74) is 23.1. The molecule has 18 aromatic rings. The van der Waals surface area contributed by atoms with Gasteiger partial charge in [0.05, 0.1) is 65.8 Å². The van der Waals surface area contributed by atoms with Crippen molar-refractivity contribution in [3.05, 3.63) is 284 Å². The summed E-state index contributed by atoms with van der Waals surface area (Å²) in [4.78, 5) is 6.32. The van der Waals surface area contributed by atoms with Gasteiger partial charge in [-0.3, -0.25) is 0 Å². The standard InChI is InChI=1S/C84H54N4O2S2/c1-48-17-14-20-52(45-48)51-35-39-54(40-36-51)85(67-27-15-24-57-55-21-6-10-29-71(55)89-80(57)67)65-43-41-60-77-75(65)62-47-70-63(46-69(62)87(77)79-59-23-8-12-31-73(59)91-82(60)79)76-66(44-42-61-78(76)88(70)84(2)64-26-9-13-32-74(64)92-83(61)84)86(53-37-33-50(34-38-53)49-18-4-3-5-19-49)68-28-16-25-58-56-22-7-11-30-72(56)90-81(58)68/h3-44,46-48,83H,45H2,1-2H3. The summed E-state index contributed by atoms with van der Waals surface area (Å²) in [6, 6.07) is 92.4. The summed E-state index contributed by atoms with van der Waals surface area (Å²) in [5.74, 6) is 0.480. The number of nitrogens with zero attached hydrogens (tertiary/aromatic N) is 4. The minimum absolute atomic E-state index is 0.137. The van der Waals surface area contributed by atoms with Crippen LogP contribution in [0.3, 0.4) is 0 Å². The second-order valence-corrected chi connectivity index (χ2v) is 27.8. The first kappa shape index (κ1) is 51.0. The quantitative estimate of drug-likeness (QED) is 0.152. The number of hydrogen-bond acceptors (Lipinski definition) is 6. The first-order chi connectivity index (χ1) is 45.4. The predicted molar refractivity (Wildman–Crippen MR) is 388 cm³/mol. The number of para-hydroxylation sites is 4. The van der Waals surface area contributed by atoms with Crippen LogP contribution in [0, 0.1) is 5.92 Å². The van der Waals surface area contributed by atoms with E-state index in [1.165, 1.54) is 102 Å². The lowest BCUT2D eigenvalue weighted by Crippen LogP contribution is -2.29. The Balaban J connectivity index is 0.902. The summed E-state index contributed by atoms with van der Waals surface area (Å²) in [6.07, 6.45) is 7.82.